The second-order valence-corrected chi connectivity index (χ2v) is 7.30. The first-order chi connectivity index (χ1) is 10.5. The first kappa shape index (κ1) is 21.2. The summed E-state index contributed by atoms with van der Waals surface area (Å²) < 4.78 is 5.30. The Morgan fingerprint density at radius 2 is 1.23 bits per heavy atom. The quantitative estimate of drug-likeness (QED) is 0.206. The molecule has 0 aliphatic heterocycles. The van der Waals surface area contributed by atoms with Gasteiger partial charge in [-0.05, 0) is 40.0 Å². The molecule has 0 saturated heterocycles. The Kier molecular flexibility index (Phi) is 13.3. The Hall–Kier alpha value is -0.790. The van der Waals surface area contributed by atoms with E-state index in [9.17, 15) is 4.79 Å². The molecule has 0 aromatic heterocycles. The fourth-order valence-corrected chi connectivity index (χ4v) is 2.54. The normalized spacial score (nSPS) is 11.4. The Labute approximate surface area is 138 Å². The van der Waals surface area contributed by atoms with E-state index in [1.54, 1.807) is 0 Å². The van der Waals surface area contributed by atoms with Crippen molar-refractivity contribution in [2.75, 3.05) is 0 Å². The molecular weight excluding hydrogens is 272 g/mol. The number of carbonyl (C=O) groups excluding carboxylic acids is 1. The van der Waals surface area contributed by atoms with Crippen molar-refractivity contribution in [2.24, 2.45) is 0 Å². The van der Waals surface area contributed by atoms with Crippen LogP contribution in [0, 0.1) is 0 Å². The minimum atomic E-state index is -0.344. The molecule has 2 heteroatoms. The SMILES string of the molecule is C=CCCCCCCCCCCCCCC(=O)OC(C)(C)C. The van der Waals surface area contributed by atoms with Gasteiger partial charge in [0.15, 0.2) is 0 Å². The molecule has 0 atom stereocenters. The van der Waals surface area contributed by atoms with E-state index in [0.29, 0.717) is 6.42 Å². The lowest BCUT2D eigenvalue weighted by atomic mass is 10.0. The van der Waals surface area contributed by atoms with E-state index in [-0.39, 0.29) is 11.6 Å². The number of allylic oxidation sites excluding steroid dienone is 1. The largest absolute Gasteiger partial charge is 0.460 e. The fraction of sp³-hybridized carbons (Fsp3) is 0.850. The molecule has 0 radical (unpaired) electrons. The van der Waals surface area contributed by atoms with E-state index in [4.69, 9.17) is 4.74 Å². The summed E-state index contributed by atoms with van der Waals surface area (Å²) in [6, 6.07) is 0. The van der Waals surface area contributed by atoms with Crippen LogP contribution in [0.2, 0.25) is 0 Å². The van der Waals surface area contributed by atoms with Gasteiger partial charge in [-0.1, -0.05) is 63.9 Å². The third-order valence-corrected chi connectivity index (χ3v) is 3.71. The Morgan fingerprint density at radius 1 is 0.818 bits per heavy atom. The molecular formula is C20H38O2. The van der Waals surface area contributed by atoms with Crippen molar-refractivity contribution < 1.29 is 9.53 Å². The van der Waals surface area contributed by atoms with Crippen molar-refractivity contribution in [3.05, 3.63) is 12.7 Å². The summed E-state index contributed by atoms with van der Waals surface area (Å²) in [4.78, 5) is 11.5. The van der Waals surface area contributed by atoms with E-state index in [0.717, 1.165) is 12.8 Å². The van der Waals surface area contributed by atoms with Crippen LogP contribution in [0.15, 0.2) is 12.7 Å². The average molecular weight is 311 g/mol. The number of hydrogen-bond donors (Lipinski definition) is 0. The highest BCUT2D eigenvalue weighted by molar-refractivity contribution is 5.69. The molecule has 0 spiro atoms. The van der Waals surface area contributed by atoms with Crippen molar-refractivity contribution in [3.8, 4) is 0 Å². The van der Waals surface area contributed by atoms with E-state index in [1.807, 2.05) is 26.8 Å². The molecule has 0 aromatic rings. The first-order valence-electron chi connectivity index (χ1n) is 9.28. The van der Waals surface area contributed by atoms with Gasteiger partial charge in [-0.25, -0.2) is 0 Å². The fourth-order valence-electron chi connectivity index (χ4n) is 2.54. The van der Waals surface area contributed by atoms with Crippen molar-refractivity contribution in [1.82, 2.24) is 0 Å². The molecule has 2 nitrogen and oxygen atoms in total. The Bertz CT molecular complexity index is 276. The molecule has 0 aromatic carbocycles. The summed E-state index contributed by atoms with van der Waals surface area (Å²) in [7, 11) is 0. The van der Waals surface area contributed by atoms with Crippen LogP contribution in [-0.4, -0.2) is 11.6 Å². The maximum Gasteiger partial charge on any atom is 0.306 e. The summed E-state index contributed by atoms with van der Waals surface area (Å²) in [6.07, 6.45) is 18.0. The summed E-state index contributed by atoms with van der Waals surface area (Å²) in [5, 5.41) is 0. The van der Waals surface area contributed by atoms with Gasteiger partial charge in [0.25, 0.3) is 0 Å². The Balaban J connectivity index is 3.17. The predicted octanol–water partition coefficient (Wildman–Crippen LogP) is 6.59. The van der Waals surface area contributed by atoms with Crippen LogP contribution in [0.3, 0.4) is 0 Å². The number of carbonyl (C=O) groups is 1. The molecule has 0 amide bonds. The number of ether oxygens (including phenoxy) is 1. The summed E-state index contributed by atoms with van der Waals surface area (Å²) in [5.74, 6) is -0.0519. The maximum absolute atomic E-state index is 11.5. The number of unbranched alkanes of at least 4 members (excludes halogenated alkanes) is 11. The van der Waals surface area contributed by atoms with Crippen LogP contribution in [0.1, 0.15) is 104 Å². The summed E-state index contributed by atoms with van der Waals surface area (Å²) in [5.41, 5.74) is -0.344. The van der Waals surface area contributed by atoms with Gasteiger partial charge in [-0.3, -0.25) is 4.79 Å². The lowest BCUT2D eigenvalue weighted by Gasteiger charge is -2.19. The minimum absolute atomic E-state index is 0.0519. The average Bonchev–Trinajstić information content (AvgIpc) is 2.42. The molecule has 0 fully saturated rings. The van der Waals surface area contributed by atoms with Crippen LogP contribution >= 0.6 is 0 Å². The monoisotopic (exact) mass is 310 g/mol. The Morgan fingerprint density at radius 3 is 1.64 bits per heavy atom. The summed E-state index contributed by atoms with van der Waals surface area (Å²) >= 11 is 0. The maximum atomic E-state index is 11.5. The van der Waals surface area contributed by atoms with Gasteiger partial charge in [-0.2, -0.15) is 0 Å². The third kappa shape index (κ3) is 17.3. The second kappa shape index (κ2) is 13.8. The number of rotatable bonds is 14. The molecule has 0 bridgehead atoms. The van der Waals surface area contributed by atoms with Crippen LogP contribution < -0.4 is 0 Å². The molecule has 22 heavy (non-hydrogen) atoms. The zero-order chi connectivity index (χ0) is 16.7. The van der Waals surface area contributed by atoms with Crippen molar-refractivity contribution in [1.29, 1.82) is 0 Å². The van der Waals surface area contributed by atoms with Gasteiger partial charge in [0.1, 0.15) is 5.60 Å². The standard InChI is InChI=1S/C20H38O2/c1-5-6-7-8-9-10-11-12-13-14-15-16-17-18-19(21)22-20(2,3)4/h5H,1,6-18H2,2-4H3. The van der Waals surface area contributed by atoms with Gasteiger partial charge >= 0.3 is 5.97 Å². The molecule has 0 rings (SSSR count). The highest BCUT2D eigenvalue weighted by Gasteiger charge is 2.15. The number of esters is 1. The van der Waals surface area contributed by atoms with Gasteiger partial charge in [0.2, 0.25) is 0 Å². The van der Waals surface area contributed by atoms with Gasteiger partial charge in [-0.15, -0.1) is 6.58 Å². The summed E-state index contributed by atoms with van der Waals surface area (Å²) in [6.45, 7) is 9.51. The minimum Gasteiger partial charge on any atom is -0.460 e. The molecule has 0 heterocycles. The molecule has 0 N–H and O–H groups in total. The zero-order valence-corrected chi connectivity index (χ0v) is 15.3. The molecule has 130 valence electrons. The lowest BCUT2D eigenvalue weighted by Crippen LogP contribution is -2.23. The van der Waals surface area contributed by atoms with E-state index < -0.39 is 0 Å². The van der Waals surface area contributed by atoms with Crippen molar-refractivity contribution >= 4 is 5.97 Å². The van der Waals surface area contributed by atoms with Crippen LogP contribution in [0.4, 0.5) is 0 Å². The highest BCUT2D eigenvalue weighted by Crippen LogP contribution is 2.14. The smallest absolute Gasteiger partial charge is 0.306 e. The topological polar surface area (TPSA) is 26.3 Å². The van der Waals surface area contributed by atoms with Crippen molar-refractivity contribution in [3.63, 3.8) is 0 Å². The van der Waals surface area contributed by atoms with Gasteiger partial charge in [0.05, 0.1) is 0 Å². The second-order valence-electron chi connectivity index (χ2n) is 7.30. The van der Waals surface area contributed by atoms with Crippen molar-refractivity contribution in [2.45, 2.75) is 110 Å². The van der Waals surface area contributed by atoms with Crippen LogP contribution in [0.25, 0.3) is 0 Å². The third-order valence-electron chi connectivity index (χ3n) is 3.71. The van der Waals surface area contributed by atoms with Crippen LogP contribution in [0.5, 0.6) is 0 Å². The van der Waals surface area contributed by atoms with E-state index in [1.165, 1.54) is 64.2 Å². The van der Waals surface area contributed by atoms with Crippen LogP contribution in [-0.2, 0) is 9.53 Å². The molecule has 0 unspecified atom stereocenters. The lowest BCUT2D eigenvalue weighted by molar-refractivity contribution is -0.154. The first-order valence-corrected chi connectivity index (χ1v) is 9.28. The zero-order valence-electron chi connectivity index (χ0n) is 15.3. The van der Waals surface area contributed by atoms with Gasteiger partial charge < -0.3 is 4.74 Å². The molecule has 0 aliphatic carbocycles. The van der Waals surface area contributed by atoms with Gasteiger partial charge in [0, 0.05) is 6.42 Å². The highest BCUT2D eigenvalue weighted by atomic mass is 16.6. The van der Waals surface area contributed by atoms with E-state index in [2.05, 4.69) is 6.58 Å². The van der Waals surface area contributed by atoms with E-state index >= 15 is 0 Å². The molecule has 0 saturated carbocycles. The predicted molar refractivity (Wildman–Crippen MR) is 96.1 cm³/mol. The number of hydrogen-bond acceptors (Lipinski definition) is 2. The molecule has 0 aliphatic rings.